The number of carbonyl (C=O) groups is 2. The Bertz CT molecular complexity index is 935. The van der Waals surface area contributed by atoms with Gasteiger partial charge in [-0.15, -0.1) is 11.3 Å². The monoisotopic (exact) mass is 375 g/mol. The fraction of sp³-hybridized carbons (Fsp3) is 0.235. The maximum atomic E-state index is 12.5. The van der Waals surface area contributed by atoms with Crippen molar-refractivity contribution in [3.05, 3.63) is 46.1 Å². The summed E-state index contributed by atoms with van der Waals surface area (Å²) in [5.41, 5.74) is 7.65. The molecule has 2 amide bonds. The van der Waals surface area contributed by atoms with Gasteiger partial charge in [-0.3, -0.25) is 14.6 Å². The van der Waals surface area contributed by atoms with E-state index >= 15 is 0 Å². The number of furan rings is 1. The zero-order valence-electron chi connectivity index (χ0n) is 13.9. The van der Waals surface area contributed by atoms with E-state index in [1.165, 1.54) is 11.3 Å². The lowest BCUT2D eigenvalue weighted by Crippen LogP contribution is -2.46. The fourth-order valence-corrected chi connectivity index (χ4v) is 2.98. The molecular formula is C17H17N3O5S. The number of ether oxygens (including phenoxy) is 1. The summed E-state index contributed by atoms with van der Waals surface area (Å²) in [5, 5.41) is 12.1. The number of rotatable bonds is 7. The summed E-state index contributed by atoms with van der Waals surface area (Å²) in [6.45, 7) is 1.42. The van der Waals surface area contributed by atoms with Gasteiger partial charge in [0, 0.05) is 11.6 Å². The molecule has 1 unspecified atom stereocenters. The maximum absolute atomic E-state index is 12.5. The van der Waals surface area contributed by atoms with E-state index in [1.807, 2.05) is 0 Å². The van der Waals surface area contributed by atoms with Crippen LogP contribution in [-0.2, 0) is 11.4 Å². The highest BCUT2D eigenvalue weighted by Crippen LogP contribution is 2.29. The molecule has 0 aliphatic rings. The smallest absolute Gasteiger partial charge is 0.256 e. The number of hydrogen-bond donors (Lipinski definition) is 3. The number of nitrogens with one attached hydrogen (secondary N) is 1. The van der Waals surface area contributed by atoms with Crippen molar-refractivity contribution in [1.82, 2.24) is 10.3 Å². The Kier molecular flexibility index (Phi) is 5.19. The molecule has 0 fully saturated rings. The van der Waals surface area contributed by atoms with Gasteiger partial charge in [0.1, 0.15) is 29.7 Å². The Morgan fingerprint density at radius 2 is 2.27 bits per heavy atom. The first kappa shape index (κ1) is 17.9. The van der Waals surface area contributed by atoms with Crippen LogP contribution in [0, 0.1) is 6.92 Å². The SMILES string of the molecule is Cc1oc2ccc(OCc3cncs3)cc2c1C(=O)NC(CO)C(N)=O. The number of fused-ring (bicyclic) bond motifs is 1. The Labute approximate surface area is 152 Å². The Morgan fingerprint density at radius 1 is 1.46 bits per heavy atom. The summed E-state index contributed by atoms with van der Waals surface area (Å²) in [6.07, 6.45) is 1.73. The molecule has 26 heavy (non-hydrogen) atoms. The highest BCUT2D eigenvalue weighted by Gasteiger charge is 2.23. The van der Waals surface area contributed by atoms with Crippen LogP contribution < -0.4 is 15.8 Å². The predicted octanol–water partition coefficient (Wildman–Crippen LogP) is 1.35. The van der Waals surface area contributed by atoms with Gasteiger partial charge in [-0.1, -0.05) is 0 Å². The zero-order valence-corrected chi connectivity index (χ0v) is 14.7. The van der Waals surface area contributed by atoms with Crippen molar-refractivity contribution < 1.29 is 23.8 Å². The highest BCUT2D eigenvalue weighted by molar-refractivity contribution is 7.09. The molecule has 9 heteroatoms. The van der Waals surface area contributed by atoms with Gasteiger partial charge in [0.05, 0.1) is 22.6 Å². The van der Waals surface area contributed by atoms with Crippen molar-refractivity contribution in [3.8, 4) is 5.75 Å². The van der Waals surface area contributed by atoms with Crippen LogP contribution in [0.3, 0.4) is 0 Å². The van der Waals surface area contributed by atoms with Crippen LogP contribution >= 0.6 is 11.3 Å². The lowest BCUT2D eigenvalue weighted by atomic mass is 10.1. The molecule has 136 valence electrons. The van der Waals surface area contributed by atoms with Gasteiger partial charge >= 0.3 is 0 Å². The second-order valence-corrected chi connectivity index (χ2v) is 6.53. The summed E-state index contributed by atoms with van der Waals surface area (Å²) >= 11 is 1.48. The molecule has 0 aliphatic heterocycles. The summed E-state index contributed by atoms with van der Waals surface area (Å²) in [4.78, 5) is 28.7. The van der Waals surface area contributed by atoms with Crippen molar-refractivity contribution in [2.75, 3.05) is 6.61 Å². The van der Waals surface area contributed by atoms with E-state index in [2.05, 4.69) is 10.3 Å². The molecule has 3 rings (SSSR count). The third-order valence-electron chi connectivity index (χ3n) is 3.76. The van der Waals surface area contributed by atoms with E-state index in [9.17, 15) is 9.59 Å². The number of nitrogens with two attached hydrogens (primary N) is 1. The maximum Gasteiger partial charge on any atom is 0.256 e. The second-order valence-electron chi connectivity index (χ2n) is 5.56. The van der Waals surface area contributed by atoms with Crippen LogP contribution in [0.15, 0.2) is 34.3 Å². The van der Waals surface area contributed by atoms with Crippen molar-refractivity contribution in [1.29, 1.82) is 0 Å². The molecule has 0 radical (unpaired) electrons. The molecule has 1 aromatic carbocycles. The van der Waals surface area contributed by atoms with Gasteiger partial charge < -0.3 is 25.3 Å². The normalized spacial score (nSPS) is 12.1. The second kappa shape index (κ2) is 7.54. The first-order valence-electron chi connectivity index (χ1n) is 7.74. The number of nitrogens with zero attached hydrogens (tertiary/aromatic N) is 1. The summed E-state index contributed by atoms with van der Waals surface area (Å²) < 4.78 is 11.3. The van der Waals surface area contributed by atoms with Crippen LogP contribution in [0.2, 0.25) is 0 Å². The van der Waals surface area contributed by atoms with E-state index in [1.54, 1.807) is 36.8 Å². The molecule has 2 heterocycles. The van der Waals surface area contributed by atoms with E-state index in [4.69, 9.17) is 20.0 Å². The van der Waals surface area contributed by atoms with Crippen molar-refractivity contribution in [3.63, 3.8) is 0 Å². The highest BCUT2D eigenvalue weighted by atomic mass is 32.1. The standard InChI is InChI=1S/C17H17N3O5S/c1-9-15(17(23)20-13(6-21)16(18)22)12-4-10(2-3-14(12)25-9)24-7-11-5-19-8-26-11/h2-5,8,13,21H,6-7H2,1H3,(H2,18,22)(H,20,23). The number of primary amides is 1. The Balaban J connectivity index is 1.87. The molecular weight excluding hydrogens is 358 g/mol. The van der Waals surface area contributed by atoms with Crippen LogP contribution in [-0.4, -0.2) is 34.6 Å². The number of aliphatic hydroxyl groups excluding tert-OH is 1. The molecule has 4 N–H and O–H groups in total. The number of thiazole rings is 1. The molecule has 0 aliphatic carbocycles. The van der Waals surface area contributed by atoms with Crippen LogP contribution in [0.4, 0.5) is 0 Å². The molecule has 0 saturated carbocycles. The van der Waals surface area contributed by atoms with Gasteiger partial charge in [0.15, 0.2) is 0 Å². The Morgan fingerprint density at radius 3 is 2.92 bits per heavy atom. The number of aryl methyl sites for hydroxylation is 1. The van der Waals surface area contributed by atoms with Crippen molar-refractivity contribution in [2.24, 2.45) is 5.73 Å². The molecule has 0 bridgehead atoms. The van der Waals surface area contributed by atoms with Gasteiger partial charge in [-0.05, 0) is 25.1 Å². The topological polar surface area (TPSA) is 128 Å². The number of amides is 2. The minimum absolute atomic E-state index is 0.267. The number of carbonyl (C=O) groups excluding carboxylic acids is 2. The first-order valence-corrected chi connectivity index (χ1v) is 8.62. The zero-order chi connectivity index (χ0) is 18.7. The third kappa shape index (κ3) is 3.68. The average molecular weight is 375 g/mol. The molecule has 3 aromatic rings. The molecule has 2 aromatic heterocycles. The lowest BCUT2D eigenvalue weighted by Gasteiger charge is -2.12. The van der Waals surface area contributed by atoms with Crippen LogP contribution in [0.5, 0.6) is 5.75 Å². The van der Waals surface area contributed by atoms with Gasteiger partial charge in [-0.2, -0.15) is 0 Å². The summed E-state index contributed by atoms with van der Waals surface area (Å²) in [5.74, 6) is -0.425. The molecule has 0 saturated heterocycles. The number of aromatic nitrogens is 1. The van der Waals surface area contributed by atoms with Gasteiger partial charge in [-0.25, -0.2) is 0 Å². The summed E-state index contributed by atoms with van der Waals surface area (Å²) in [7, 11) is 0. The molecule has 0 spiro atoms. The predicted molar refractivity (Wildman–Crippen MR) is 94.9 cm³/mol. The van der Waals surface area contributed by atoms with Gasteiger partial charge in [0.25, 0.3) is 5.91 Å². The average Bonchev–Trinajstić information content (AvgIpc) is 3.23. The van der Waals surface area contributed by atoms with Gasteiger partial charge in [0.2, 0.25) is 5.91 Å². The van der Waals surface area contributed by atoms with E-state index in [0.717, 1.165) is 4.88 Å². The van der Waals surface area contributed by atoms with Crippen molar-refractivity contribution >= 4 is 34.1 Å². The van der Waals surface area contributed by atoms with Crippen molar-refractivity contribution in [2.45, 2.75) is 19.6 Å². The molecule has 1 atom stereocenters. The lowest BCUT2D eigenvalue weighted by molar-refractivity contribution is -0.120. The third-order valence-corrected chi connectivity index (χ3v) is 4.51. The summed E-state index contributed by atoms with van der Waals surface area (Å²) in [6, 6.07) is 3.98. The van der Waals surface area contributed by atoms with E-state index in [0.29, 0.717) is 29.1 Å². The largest absolute Gasteiger partial charge is 0.488 e. The molecule has 8 nitrogen and oxygen atoms in total. The van der Waals surface area contributed by atoms with Crippen LogP contribution in [0.25, 0.3) is 11.0 Å². The minimum Gasteiger partial charge on any atom is -0.488 e. The Hall–Kier alpha value is -2.91. The fourth-order valence-electron chi connectivity index (χ4n) is 2.48. The number of aliphatic hydroxyl groups is 1. The number of hydrogen-bond acceptors (Lipinski definition) is 7. The van der Waals surface area contributed by atoms with Crippen LogP contribution in [0.1, 0.15) is 21.0 Å². The first-order chi connectivity index (χ1) is 12.5. The van der Waals surface area contributed by atoms with E-state index < -0.39 is 24.5 Å². The van der Waals surface area contributed by atoms with E-state index in [-0.39, 0.29) is 5.56 Å². The quantitative estimate of drug-likeness (QED) is 0.572. The minimum atomic E-state index is -1.17. The number of benzene rings is 1.